The van der Waals surface area contributed by atoms with Crippen LogP contribution in [0.3, 0.4) is 0 Å². The van der Waals surface area contributed by atoms with Crippen LogP contribution >= 0.6 is 22.9 Å². The maximum absolute atomic E-state index is 6.01. The van der Waals surface area contributed by atoms with Gasteiger partial charge in [0.15, 0.2) is 0 Å². The first-order chi connectivity index (χ1) is 7.74. The van der Waals surface area contributed by atoms with Crippen LogP contribution in [-0.2, 0) is 0 Å². The molecule has 1 saturated carbocycles. The van der Waals surface area contributed by atoms with Crippen molar-refractivity contribution in [1.29, 1.82) is 0 Å². The standard InChI is InChI=1S/C14H13ClS/c1-9-12-6-5-11(15)8-14(12)16-13(9)7-4-10-2-3-10/h4-8,10H,2-3H2,1H3/b7-4+. The number of allylic oxidation sites excluding steroid dienone is 1. The molecule has 1 aromatic carbocycles. The Morgan fingerprint density at radius 3 is 2.94 bits per heavy atom. The second kappa shape index (κ2) is 3.90. The highest BCUT2D eigenvalue weighted by atomic mass is 35.5. The highest BCUT2D eigenvalue weighted by Crippen LogP contribution is 2.36. The average molecular weight is 249 g/mol. The summed E-state index contributed by atoms with van der Waals surface area (Å²) in [7, 11) is 0. The molecule has 2 aromatic rings. The number of benzene rings is 1. The second-order valence-electron chi connectivity index (χ2n) is 4.43. The largest absolute Gasteiger partial charge is 0.136 e. The van der Waals surface area contributed by atoms with E-state index in [9.17, 15) is 0 Å². The Labute approximate surface area is 105 Å². The molecule has 82 valence electrons. The van der Waals surface area contributed by atoms with Gasteiger partial charge in [0, 0.05) is 14.6 Å². The van der Waals surface area contributed by atoms with Crippen molar-refractivity contribution in [3.8, 4) is 0 Å². The van der Waals surface area contributed by atoms with Crippen molar-refractivity contribution >= 4 is 39.1 Å². The molecular weight excluding hydrogens is 236 g/mol. The molecule has 0 atom stereocenters. The van der Waals surface area contributed by atoms with Crippen molar-refractivity contribution in [2.24, 2.45) is 5.92 Å². The Morgan fingerprint density at radius 2 is 2.19 bits per heavy atom. The molecule has 1 heterocycles. The number of thiophene rings is 1. The van der Waals surface area contributed by atoms with Crippen molar-refractivity contribution in [1.82, 2.24) is 0 Å². The highest BCUT2D eigenvalue weighted by Gasteiger charge is 2.17. The summed E-state index contributed by atoms with van der Waals surface area (Å²) in [4.78, 5) is 1.38. The first-order valence-electron chi connectivity index (χ1n) is 5.61. The minimum absolute atomic E-state index is 0.825. The van der Waals surface area contributed by atoms with Crippen molar-refractivity contribution in [2.75, 3.05) is 0 Å². The van der Waals surface area contributed by atoms with E-state index in [2.05, 4.69) is 31.2 Å². The third-order valence-electron chi connectivity index (χ3n) is 3.08. The van der Waals surface area contributed by atoms with E-state index < -0.39 is 0 Å². The average Bonchev–Trinajstić information content (AvgIpc) is 3.03. The van der Waals surface area contributed by atoms with Crippen LogP contribution in [0.15, 0.2) is 24.3 Å². The van der Waals surface area contributed by atoms with Crippen molar-refractivity contribution in [3.05, 3.63) is 39.7 Å². The van der Waals surface area contributed by atoms with E-state index in [1.807, 2.05) is 17.4 Å². The van der Waals surface area contributed by atoms with Gasteiger partial charge in [0.25, 0.3) is 0 Å². The summed E-state index contributed by atoms with van der Waals surface area (Å²) in [6, 6.07) is 6.15. The Morgan fingerprint density at radius 1 is 1.38 bits per heavy atom. The number of fused-ring (bicyclic) bond motifs is 1. The molecule has 1 aliphatic rings. The Kier molecular flexibility index (Phi) is 2.53. The quantitative estimate of drug-likeness (QED) is 0.678. The molecule has 1 aromatic heterocycles. The lowest BCUT2D eigenvalue weighted by Crippen LogP contribution is -1.71. The second-order valence-corrected chi connectivity index (χ2v) is 5.95. The third kappa shape index (κ3) is 1.90. The summed E-state index contributed by atoms with van der Waals surface area (Å²) in [5.74, 6) is 0.841. The zero-order valence-corrected chi connectivity index (χ0v) is 10.7. The van der Waals surface area contributed by atoms with Gasteiger partial charge in [-0.3, -0.25) is 0 Å². The summed E-state index contributed by atoms with van der Waals surface area (Å²) in [6.07, 6.45) is 7.36. The predicted octanol–water partition coefficient (Wildman–Crippen LogP) is 5.29. The minimum atomic E-state index is 0.825. The number of halogens is 1. The van der Waals surface area contributed by atoms with E-state index in [1.165, 1.54) is 33.4 Å². The van der Waals surface area contributed by atoms with Gasteiger partial charge in [-0.25, -0.2) is 0 Å². The van der Waals surface area contributed by atoms with Crippen LogP contribution in [0.2, 0.25) is 5.02 Å². The fraction of sp³-hybridized carbons (Fsp3) is 0.286. The van der Waals surface area contributed by atoms with Crippen molar-refractivity contribution in [3.63, 3.8) is 0 Å². The van der Waals surface area contributed by atoms with Gasteiger partial charge in [-0.05, 0) is 54.8 Å². The first-order valence-corrected chi connectivity index (χ1v) is 6.80. The van der Waals surface area contributed by atoms with E-state index in [1.54, 1.807) is 0 Å². The number of rotatable bonds is 2. The topological polar surface area (TPSA) is 0 Å². The summed E-state index contributed by atoms with van der Waals surface area (Å²) in [5, 5.41) is 2.16. The molecular formula is C14H13ClS. The lowest BCUT2D eigenvalue weighted by atomic mass is 10.1. The van der Waals surface area contributed by atoms with Crippen LogP contribution in [0.5, 0.6) is 0 Å². The maximum atomic E-state index is 6.01. The fourth-order valence-electron chi connectivity index (χ4n) is 1.89. The molecule has 0 amide bonds. The number of hydrogen-bond donors (Lipinski definition) is 0. The molecule has 0 aliphatic heterocycles. The SMILES string of the molecule is Cc1c(/C=C/C2CC2)sc2cc(Cl)ccc12. The smallest absolute Gasteiger partial charge is 0.0420 e. The van der Waals surface area contributed by atoms with Crippen LogP contribution in [0.4, 0.5) is 0 Å². The minimum Gasteiger partial charge on any atom is -0.136 e. The Hall–Kier alpha value is -0.790. The normalized spacial score (nSPS) is 16.4. The van der Waals surface area contributed by atoms with E-state index in [0.717, 1.165) is 10.9 Å². The van der Waals surface area contributed by atoms with E-state index in [-0.39, 0.29) is 0 Å². The molecule has 1 aliphatic carbocycles. The van der Waals surface area contributed by atoms with Crippen LogP contribution < -0.4 is 0 Å². The van der Waals surface area contributed by atoms with Crippen LogP contribution in [0.1, 0.15) is 23.3 Å². The molecule has 0 bridgehead atoms. The number of hydrogen-bond acceptors (Lipinski definition) is 1. The summed E-state index contributed by atoms with van der Waals surface area (Å²) in [6.45, 7) is 2.19. The lowest BCUT2D eigenvalue weighted by molar-refractivity contribution is 1.13. The zero-order chi connectivity index (χ0) is 11.1. The lowest BCUT2D eigenvalue weighted by Gasteiger charge is -1.92. The molecule has 3 rings (SSSR count). The van der Waals surface area contributed by atoms with Gasteiger partial charge in [0.2, 0.25) is 0 Å². The van der Waals surface area contributed by atoms with Crippen LogP contribution in [-0.4, -0.2) is 0 Å². The molecule has 0 radical (unpaired) electrons. The van der Waals surface area contributed by atoms with Gasteiger partial charge in [-0.1, -0.05) is 23.7 Å². The molecule has 0 nitrogen and oxygen atoms in total. The van der Waals surface area contributed by atoms with Crippen LogP contribution in [0, 0.1) is 12.8 Å². The van der Waals surface area contributed by atoms with Crippen molar-refractivity contribution in [2.45, 2.75) is 19.8 Å². The first kappa shape index (κ1) is 10.4. The molecule has 1 fully saturated rings. The van der Waals surface area contributed by atoms with Crippen LogP contribution in [0.25, 0.3) is 16.2 Å². The van der Waals surface area contributed by atoms with Crippen molar-refractivity contribution < 1.29 is 0 Å². The molecule has 0 spiro atoms. The van der Waals surface area contributed by atoms with Gasteiger partial charge in [-0.15, -0.1) is 11.3 Å². The van der Waals surface area contributed by atoms with Gasteiger partial charge >= 0.3 is 0 Å². The summed E-state index contributed by atoms with van der Waals surface area (Å²) >= 11 is 7.84. The highest BCUT2D eigenvalue weighted by molar-refractivity contribution is 7.20. The molecule has 16 heavy (non-hydrogen) atoms. The fourth-order valence-corrected chi connectivity index (χ4v) is 3.29. The Bertz CT molecular complexity index is 561. The van der Waals surface area contributed by atoms with Gasteiger partial charge < -0.3 is 0 Å². The molecule has 2 heteroatoms. The molecule has 0 saturated heterocycles. The van der Waals surface area contributed by atoms with Gasteiger partial charge in [-0.2, -0.15) is 0 Å². The van der Waals surface area contributed by atoms with Gasteiger partial charge in [0.1, 0.15) is 0 Å². The van der Waals surface area contributed by atoms with E-state index >= 15 is 0 Å². The number of aryl methyl sites for hydroxylation is 1. The monoisotopic (exact) mass is 248 g/mol. The summed E-state index contributed by atoms with van der Waals surface area (Å²) in [5.41, 5.74) is 1.38. The summed E-state index contributed by atoms with van der Waals surface area (Å²) < 4.78 is 1.29. The van der Waals surface area contributed by atoms with E-state index in [4.69, 9.17) is 11.6 Å². The third-order valence-corrected chi connectivity index (χ3v) is 4.53. The molecule has 0 N–H and O–H groups in total. The maximum Gasteiger partial charge on any atom is 0.0420 e. The van der Waals surface area contributed by atoms with Gasteiger partial charge in [0.05, 0.1) is 0 Å². The predicted molar refractivity (Wildman–Crippen MR) is 73.3 cm³/mol. The Balaban J connectivity index is 2.07. The zero-order valence-electron chi connectivity index (χ0n) is 9.16. The van der Waals surface area contributed by atoms with E-state index in [0.29, 0.717) is 0 Å². The molecule has 0 unspecified atom stereocenters.